The largest absolute Gasteiger partial charge is 0.491 e. The molecule has 1 aromatic carbocycles. The third-order valence-electron chi connectivity index (χ3n) is 2.78. The van der Waals surface area contributed by atoms with Gasteiger partial charge in [0.25, 0.3) is 0 Å². The highest BCUT2D eigenvalue weighted by atomic mass is 16.5. The number of hydrogen-bond acceptors (Lipinski definition) is 2. The average Bonchev–Trinajstić information content (AvgIpc) is 2.29. The molecule has 0 spiro atoms. The summed E-state index contributed by atoms with van der Waals surface area (Å²) in [5, 5.41) is 3.40. The smallest absolute Gasteiger partial charge is 0.120 e. The van der Waals surface area contributed by atoms with Crippen LogP contribution in [0.2, 0.25) is 0 Å². The van der Waals surface area contributed by atoms with Crippen molar-refractivity contribution in [1.82, 2.24) is 5.32 Å². The Hall–Kier alpha value is -1.02. The Morgan fingerprint density at radius 1 is 1.25 bits per heavy atom. The fourth-order valence-corrected chi connectivity index (χ4v) is 1.60. The van der Waals surface area contributed by atoms with Gasteiger partial charge in [-0.25, -0.2) is 0 Å². The Bertz CT molecular complexity index is 311. The third kappa shape index (κ3) is 3.86. The normalized spacial score (nSPS) is 14.5. The zero-order chi connectivity index (χ0) is 12.0. The Labute approximate surface area is 99.0 Å². The molecular formula is C14H23NO. The van der Waals surface area contributed by atoms with Gasteiger partial charge in [0.2, 0.25) is 0 Å². The molecule has 0 fully saturated rings. The molecule has 16 heavy (non-hydrogen) atoms. The van der Waals surface area contributed by atoms with Gasteiger partial charge in [0.1, 0.15) is 5.75 Å². The van der Waals surface area contributed by atoms with E-state index in [0.717, 1.165) is 18.7 Å². The number of hydrogen-bond donors (Lipinski definition) is 1. The molecule has 2 heteroatoms. The van der Waals surface area contributed by atoms with Gasteiger partial charge in [0, 0.05) is 6.04 Å². The summed E-state index contributed by atoms with van der Waals surface area (Å²) in [7, 11) is 0. The first-order chi connectivity index (χ1) is 7.67. The Morgan fingerprint density at radius 3 is 2.62 bits per heavy atom. The second-order valence-corrected chi connectivity index (χ2v) is 4.19. The summed E-state index contributed by atoms with van der Waals surface area (Å²) in [6, 6.07) is 8.72. The first-order valence-electron chi connectivity index (χ1n) is 6.17. The fraction of sp³-hybridized carbons (Fsp3) is 0.571. The highest BCUT2D eigenvalue weighted by Crippen LogP contribution is 2.20. The highest BCUT2D eigenvalue weighted by molar-refractivity contribution is 5.30. The van der Waals surface area contributed by atoms with E-state index in [1.54, 1.807) is 0 Å². The van der Waals surface area contributed by atoms with Gasteiger partial charge in [-0.05, 0) is 44.5 Å². The molecule has 0 aliphatic rings. The molecule has 0 radical (unpaired) electrons. The van der Waals surface area contributed by atoms with Crippen molar-refractivity contribution in [2.75, 3.05) is 6.54 Å². The van der Waals surface area contributed by atoms with Gasteiger partial charge < -0.3 is 10.1 Å². The van der Waals surface area contributed by atoms with Crippen molar-refractivity contribution in [3.63, 3.8) is 0 Å². The summed E-state index contributed by atoms with van der Waals surface area (Å²) in [6.45, 7) is 9.51. The maximum Gasteiger partial charge on any atom is 0.120 e. The van der Waals surface area contributed by atoms with Crippen LogP contribution < -0.4 is 10.1 Å². The molecule has 0 aromatic heterocycles. The van der Waals surface area contributed by atoms with E-state index in [2.05, 4.69) is 51.2 Å². The van der Waals surface area contributed by atoms with Crippen molar-refractivity contribution < 1.29 is 4.74 Å². The predicted molar refractivity (Wildman–Crippen MR) is 68.9 cm³/mol. The van der Waals surface area contributed by atoms with E-state index >= 15 is 0 Å². The lowest BCUT2D eigenvalue weighted by atomic mass is 10.1. The number of nitrogens with one attached hydrogen (secondary N) is 1. The maximum atomic E-state index is 5.80. The van der Waals surface area contributed by atoms with E-state index in [4.69, 9.17) is 4.74 Å². The maximum absolute atomic E-state index is 5.80. The minimum atomic E-state index is 0.282. The zero-order valence-electron chi connectivity index (χ0n) is 10.8. The third-order valence-corrected chi connectivity index (χ3v) is 2.78. The van der Waals surface area contributed by atoms with Crippen LogP contribution in [0.25, 0.3) is 0 Å². The fourth-order valence-electron chi connectivity index (χ4n) is 1.60. The second kappa shape index (κ2) is 6.54. The van der Waals surface area contributed by atoms with E-state index in [9.17, 15) is 0 Å². The second-order valence-electron chi connectivity index (χ2n) is 4.19. The summed E-state index contributed by atoms with van der Waals surface area (Å²) < 4.78 is 5.80. The molecule has 0 amide bonds. The predicted octanol–water partition coefficient (Wildman–Crippen LogP) is 3.53. The van der Waals surface area contributed by atoms with Crippen LogP contribution in [0.5, 0.6) is 5.75 Å². The molecule has 2 nitrogen and oxygen atoms in total. The SMILES string of the molecule is CCN[C@H](C)c1cccc(O[C@@H](C)CC)c1. The summed E-state index contributed by atoms with van der Waals surface area (Å²) in [5.74, 6) is 0.969. The quantitative estimate of drug-likeness (QED) is 0.793. The molecule has 1 rings (SSSR count). The zero-order valence-corrected chi connectivity index (χ0v) is 10.8. The Morgan fingerprint density at radius 2 is 2.00 bits per heavy atom. The van der Waals surface area contributed by atoms with Gasteiger partial charge in [-0.1, -0.05) is 26.0 Å². The molecule has 0 saturated heterocycles. The van der Waals surface area contributed by atoms with Crippen LogP contribution in [0.1, 0.15) is 45.7 Å². The van der Waals surface area contributed by atoms with E-state index in [0.29, 0.717) is 6.04 Å². The van der Waals surface area contributed by atoms with Gasteiger partial charge in [-0.3, -0.25) is 0 Å². The van der Waals surface area contributed by atoms with E-state index in [1.165, 1.54) is 5.56 Å². The summed E-state index contributed by atoms with van der Waals surface area (Å²) in [6.07, 6.45) is 1.32. The van der Waals surface area contributed by atoms with Crippen molar-refractivity contribution in [3.05, 3.63) is 29.8 Å². The van der Waals surface area contributed by atoms with Gasteiger partial charge in [0.05, 0.1) is 6.10 Å². The highest BCUT2D eigenvalue weighted by Gasteiger charge is 2.06. The summed E-state index contributed by atoms with van der Waals surface area (Å²) in [4.78, 5) is 0. The number of benzene rings is 1. The van der Waals surface area contributed by atoms with Crippen LogP contribution in [0.3, 0.4) is 0 Å². The minimum Gasteiger partial charge on any atom is -0.491 e. The van der Waals surface area contributed by atoms with Crippen molar-refractivity contribution in [2.24, 2.45) is 0 Å². The van der Waals surface area contributed by atoms with E-state index in [-0.39, 0.29) is 6.10 Å². The van der Waals surface area contributed by atoms with Crippen molar-refractivity contribution >= 4 is 0 Å². The van der Waals surface area contributed by atoms with Crippen molar-refractivity contribution in [1.29, 1.82) is 0 Å². The molecule has 0 heterocycles. The number of ether oxygens (including phenoxy) is 1. The lowest BCUT2D eigenvalue weighted by Crippen LogP contribution is -2.18. The van der Waals surface area contributed by atoms with Gasteiger partial charge >= 0.3 is 0 Å². The monoisotopic (exact) mass is 221 g/mol. The lowest BCUT2D eigenvalue weighted by Gasteiger charge is -2.16. The molecule has 0 aliphatic heterocycles. The Kier molecular flexibility index (Phi) is 5.33. The van der Waals surface area contributed by atoms with E-state index < -0.39 is 0 Å². The molecule has 0 saturated carbocycles. The lowest BCUT2D eigenvalue weighted by molar-refractivity contribution is 0.217. The van der Waals surface area contributed by atoms with Crippen LogP contribution in [0.4, 0.5) is 0 Å². The summed E-state index contributed by atoms with van der Waals surface area (Å²) in [5.41, 5.74) is 1.28. The standard InChI is InChI=1S/C14H23NO/c1-5-11(3)16-14-9-7-8-13(10-14)12(4)15-6-2/h7-12,15H,5-6H2,1-4H3/t11-,12+/m0/s1. The number of rotatable bonds is 6. The van der Waals surface area contributed by atoms with Crippen LogP contribution in [0.15, 0.2) is 24.3 Å². The average molecular weight is 221 g/mol. The topological polar surface area (TPSA) is 21.3 Å². The summed E-state index contributed by atoms with van der Waals surface area (Å²) >= 11 is 0. The molecular weight excluding hydrogens is 198 g/mol. The first-order valence-corrected chi connectivity index (χ1v) is 6.17. The van der Waals surface area contributed by atoms with Gasteiger partial charge in [-0.2, -0.15) is 0 Å². The van der Waals surface area contributed by atoms with Crippen molar-refractivity contribution in [3.8, 4) is 5.75 Å². The minimum absolute atomic E-state index is 0.282. The molecule has 0 aliphatic carbocycles. The molecule has 1 N–H and O–H groups in total. The van der Waals surface area contributed by atoms with Crippen molar-refractivity contribution in [2.45, 2.75) is 46.3 Å². The van der Waals surface area contributed by atoms with Crippen LogP contribution in [0, 0.1) is 0 Å². The first kappa shape index (κ1) is 13.0. The molecule has 2 atom stereocenters. The van der Waals surface area contributed by atoms with Crippen LogP contribution >= 0.6 is 0 Å². The van der Waals surface area contributed by atoms with Gasteiger partial charge in [0.15, 0.2) is 0 Å². The Balaban J connectivity index is 2.70. The molecule has 0 unspecified atom stereocenters. The van der Waals surface area contributed by atoms with Crippen LogP contribution in [-0.2, 0) is 0 Å². The van der Waals surface area contributed by atoms with E-state index in [1.807, 2.05) is 6.07 Å². The van der Waals surface area contributed by atoms with Gasteiger partial charge in [-0.15, -0.1) is 0 Å². The molecule has 0 bridgehead atoms. The van der Waals surface area contributed by atoms with Crippen LogP contribution in [-0.4, -0.2) is 12.6 Å². The molecule has 1 aromatic rings. The molecule has 90 valence electrons.